The van der Waals surface area contributed by atoms with E-state index in [9.17, 15) is 37.2 Å². The number of hydrogen-bond acceptors (Lipinski definition) is 6. The summed E-state index contributed by atoms with van der Waals surface area (Å²) in [5.41, 5.74) is -5.47. The Hall–Kier alpha value is -4.40. The van der Waals surface area contributed by atoms with Crippen LogP contribution < -0.4 is 20.7 Å². The maximum atomic E-state index is 14.8. The summed E-state index contributed by atoms with van der Waals surface area (Å²) in [6.07, 6.45) is -5.84. The fourth-order valence-electron chi connectivity index (χ4n) is 3.03. The van der Waals surface area contributed by atoms with Crippen molar-refractivity contribution in [3.8, 4) is 29.0 Å². The van der Waals surface area contributed by atoms with Crippen LogP contribution in [0, 0.1) is 17.1 Å². The van der Waals surface area contributed by atoms with Gasteiger partial charge < -0.3 is 9.47 Å². The molecule has 35 heavy (non-hydrogen) atoms. The normalized spacial score (nSPS) is 12.1. The lowest BCUT2D eigenvalue weighted by Gasteiger charge is -2.17. The number of para-hydroxylation sites is 2. The number of rotatable bonds is 6. The molecule has 0 aliphatic heterocycles. The molecule has 1 unspecified atom stereocenters. The average molecular weight is 491 g/mol. The minimum atomic E-state index is -5.00. The Morgan fingerprint density at radius 2 is 1.71 bits per heavy atom. The quantitative estimate of drug-likeness (QED) is 0.487. The Balaban J connectivity index is 2.17. The smallest absolute Gasteiger partial charge is 0.431 e. The molecule has 8 nitrogen and oxygen atoms in total. The zero-order valence-corrected chi connectivity index (χ0v) is 18.5. The molecule has 1 atom stereocenters. The highest BCUT2D eigenvalue weighted by Crippen LogP contribution is 2.35. The average Bonchev–Trinajstić information content (AvgIpc) is 2.78. The summed E-state index contributed by atoms with van der Waals surface area (Å²) < 4.78 is 65.8. The number of alkyl halides is 3. The van der Waals surface area contributed by atoms with Crippen LogP contribution in [0.15, 0.2) is 52.1 Å². The van der Waals surface area contributed by atoms with Crippen LogP contribution in [0.2, 0.25) is 0 Å². The first-order valence-electron chi connectivity index (χ1n) is 9.93. The van der Waals surface area contributed by atoms with Crippen molar-refractivity contribution >= 4 is 5.78 Å². The van der Waals surface area contributed by atoms with Crippen LogP contribution in [0.25, 0.3) is 5.69 Å². The second-order valence-corrected chi connectivity index (χ2v) is 7.37. The molecule has 2 aromatic carbocycles. The molecule has 0 radical (unpaired) electrons. The Bertz CT molecular complexity index is 1470. The Morgan fingerprint density at radius 3 is 2.29 bits per heavy atom. The van der Waals surface area contributed by atoms with Crippen LogP contribution in [-0.2, 0) is 18.0 Å². The van der Waals surface area contributed by atoms with E-state index in [-0.39, 0.29) is 43.8 Å². The Labute approximate surface area is 195 Å². The number of aromatic nitrogens is 2. The topological polar surface area (TPSA) is 103 Å². The molecule has 0 aliphatic rings. The third kappa shape index (κ3) is 5.08. The van der Waals surface area contributed by atoms with Gasteiger partial charge in [0.25, 0.3) is 5.56 Å². The van der Waals surface area contributed by atoms with E-state index in [1.807, 2.05) is 0 Å². The molecule has 0 saturated carbocycles. The van der Waals surface area contributed by atoms with Gasteiger partial charge in [0.05, 0.1) is 11.3 Å². The largest absolute Gasteiger partial charge is 0.479 e. The van der Waals surface area contributed by atoms with Crippen LogP contribution in [0.1, 0.15) is 25.1 Å². The van der Waals surface area contributed by atoms with E-state index in [1.54, 1.807) is 18.2 Å². The number of carbonyl (C=O) groups excluding carboxylic acids is 1. The predicted molar refractivity (Wildman–Crippen MR) is 114 cm³/mol. The highest BCUT2D eigenvalue weighted by molar-refractivity contribution is 5.80. The molecule has 0 spiro atoms. The van der Waals surface area contributed by atoms with Crippen LogP contribution in [0.3, 0.4) is 0 Å². The van der Waals surface area contributed by atoms with E-state index in [0.717, 1.165) is 13.1 Å². The molecule has 0 amide bonds. The lowest BCUT2D eigenvalue weighted by atomic mass is 10.1. The van der Waals surface area contributed by atoms with E-state index < -0.39 is 40.7 Å². The minimum absolute atomic E-state index is 0.0160. The monoisotopic (exact) mass is 491 g/mol. The van der Waals surface area contributed by atoms with Gasteiger partial charge in [-0.05, 0) is 32.0 Å². The van der Waals surface area contributed by atoms with Gasteiger partial charge in [0, 0.05) is 19.2 Å². The summed E-state index contributed by atoms with van der Waals surface area (Å²) in [7, 11) is 0.782. The molecule has 1 aromatic heterocycles. The first kappa shape index (κ1) is 25.2. The second kappa shape index (κ2) is 9.46. The molecule has 0 fully saturated rings. The van der Waals surface area contributed by atoms with E-state index in [2.05, 4.69) is 0 Å². The Kier molecular flexibility index (Phi) is 6.82. The fourth-order valence-corrected chi connectivity index (χ4v) is 3.03. The van der Waals surface area contributed by atoms with Crippen molar-refractivity contribution in [1.82, 2.24) is 9.13 Å². The first-order chi connectivity index (χ1) is 16.3. The van der Waals surface area contributed by atoms with Gasteiger partial charge in [-0.25, -0.2) is 13.8 Å². The van der Waals surface area contributed by atoms with Gasteiger partial charge in [0.15, 0.2) is 23.4 Å². The molecule has 0 N–H and O–H groups in total. The highest BCUT2D eigenvalue weighted by atomic mass is 19.4. The number of benzene rings is 2. The molecule has 0 bridgehead atoms. The summed E-state index contributed by atoms with van der Waals surface area (Å²) in [5, 5.41) is 9.42. The van der Waals surface area contributed by atoms with Crippen molar-refractivity contribution in [3.05, 3.63) is 80.4 Å². The van der Waals surface area contributed by atoms with Gasteiger partial charge >= 0.3 is 11.9 Å². The number of halogens is 4. The van der Waals surface area contributed by atoms with Crippen molar-refractivity contribution in [3.63, 3.8) is 0 Å². The molecule has 1 heterocycles. The number of hydrogen-bond donors (Lipinski definition) is 0. The number of ketones is 1. The highest BCUT2D eigenvalue weighted by Gasteiger charge is 2.35. The number of nitrogens with zero attached hydrogens (tertiary/aromatic N) is 3. The van der Waals surface area contributed by atoms with Gasteiger partial charge in [-0.1, -0.05) is 12.1 Å². The number of Topliss-reactive ketones (excluding diaryl/α,β-unsaturated/α-hetero) is 1. The van der Waals surface area contributed by atoms with E-state index in [1.165, 1.54) is 26.0 Å². The molecule has 3 rings (SSSR count). The maximum absolute atomic E-state index is 14.8. The van der Waals surface area contributed by atoms with Crippen molar-refractivity contribution < 1.29 is 31.8 Å². The van der Waals surface area contributed by atoms with Crippen molar-refractivity contribution in [1.29, 1.82) is 5.26 Å². The number of ether oxygens (including phenoxy) is 2. The molecular formula is C23H17F4N3O5. The fraction of sp³-hybridized carbons (Fsp3) is 0.217. The third-order valence-electron chi connectivity index (χ3n) is 4.97. The molecule has 12 heteroatoms. The van der Waals surface area contributed by atoms with Gasteiger partial charge in [0.2, 0.25) is 0 Å². The van der Waals surface area contributed by atoms with E-state index in [4.69, 9.17) is 9.47 Å². The third-order valence-corrected chi connectivity index (χ3v) is 4.97. The van der Waals surface area contributed by atoms with E-state index in [0.29, 0.717) is 6.07 Å². The van der Waals surface area contributed by atoms with Gasteiger partial charge in [-0.2, -0.15) is 18.4 Å². The van der Waals surface area contributed by atoms with Crippen LogP contribution in [-0.4, -0.2) is 21.0 Å². The SMILES string of the molecule is CC(=O)C(C)Oc1ccccc1Oc1cc(-n2c(=O)cc(C(F)(F)F)n(C)c2=O)c(F)cc1C#N. The standard InChI is InChI=1S/C23H17F4N3O5/c1-12(31)13(2)34-17-6-4-5-7-18(17)35-19-9-16(15(24)8-14(19)11-28)30-21(32)10-20(23(25,26)27)29(3)22(30)33/h4-10,13H,1-3H3. The van der Waals surface area contributed by atoms with Crippen LogP contribution >= 0.6 is 0 Å². The van der Waals surface area contributed by atoms with Gasteiger partial charge in [-0.3, -0.25) is 14.2 Å². The Morgan fingerprint density at radius 1 is 1.09 bits per heavy atom. The molecule has 0 saturated heterocycles. The zero-order chi connectivity index (χ0) is 26.1. The summed E-state index contributed by atoms with van der Waals surface area (Å²) in [4.78, 5) is 36.5. The number of nitriles is 1. The lowest BCUT2D eigenvalue weighted by Crippen LogP contribution is -2.41. The summed E-state index contributed by atoms with van der Waals surface area (Å²) >= 11 is 0. The lowest BCUT2D eigenvalue weighted by molar-refractivity contribution is -0.144. The molecule has 3 aromatic rings. The summed E-state index contributed by atoms with van der Waals surface area (Å²) in [6.45, 7) is 2.82. The van der Waals surface area contributed by atoms with Crippen molar-refractivity contribution in [2.24, 2.45) is 7.05 Å². The van der Waals surface area contributed by atoms with Crippen LogP contribution in [0.5, 0.6) is 17.2 Å². The summed E-state index contributed by atoms with van der Waals surface area (Å²) in [6, 6.07) is 9.42. The number of carbonyl (C=O) groups is 1. The summed E-state index contributed by atoms with van der Waals surface area (Å²) in [5.74, 6) is -1.69. The molecule has 0 aliphatic carbocycles. The zero-order valence-electron chi connectivity index (χ0n) is 18.5. The first-order valence-corrected chi connectivity index (χ1v) is 9.93. The van der Waals surface area contributed by atoms with Crippen LogP contribution in [0.4, 0.5) is 17.6 Å². The second-order valence-electron chi connectivity index (χ2n) is 7.37. The predicted octanol–water partition coefficient (Wildman–Crippen LogP) is 3.71. The van der Waals surface area contributed by atoms with Crippen molar-refractivity contribution in [2.45, 2.75) is 26.1 Å². The van der Waals surface area contributed by atoms with Gasteiger partial charge in [0.1, 0.15) is 23.3 Å². The van der Waals surface area contributed by atoms with E-state index >= 15 is 0 Å². The van der Waals surface area contributed by atoms with Crippen molar-refractivity contribution in [2.75, 3.05) is 0 Å². The maximum Gasteiger partial charge on any atom is 0.431 e. The molecule has 182 valence electrons. The molecular weight excluding hydrogens is 474 g/mol. The van der Waals surface area contributed by atoms with Gasteiger partial charge in [-0.15, -0.1) is 0 Å². The minimum Gasteiger partial charge on any atom is -0.479 e.